The van der Waals surface area contributed by atoms with Crippen LogP contribution in [0.25, 0.3) is 0 Å². The zero-order valence-corrected chi connectivity index (χ0v) is 13.8. The second-order valence-electron chi connectivity index (χ2n) is 5.52. The van der Waals surface area contributed by atoms with Crippen LogP contribution in [0.3, 0.4) is 0 Å². The number of aryl methyl sites for hydroxylation is 1. The zero-order valence-electron chi connectivity index (χ0n) is 13.8. The molecule has 0 aliphatic rings. The molecular weight excluding hydrogens is 288 g/mol. The van der Waals surface area contributed by atoms with Crippen LogP contribution in [0.5, 0.6) is 5.75 Å². The summed E-state index contributed by atoms with van der Waals surface area (Å²) in [4.78, 5) is 11.8. The van der Waals surface area contributed by atoms with E-state index in [1.807, 2.05) is 24.3 Å². The summed E-state index contributed by atoms with van der Waals surface area (Å²) in [5.74, 6) is 0.838. The molecule has 0 heterocycles. The predicted molar refractivity (Wildman–Crippen MR) is 93.0 cm³/mol. The van der Waals surface area contributed by atoms with Crippen molar-refractivity contribution in [1.82, 2.24) is 10.6 Å². The highest BCUT2D eigenvalue weighted by atomic mass is 16.5. The molecule has 0 saturated heterocycles. The van der Waals surface area contributed by atoms with Crippen LogP contribution in [0, 0.1) is 6.92 Å². The molecule has 0 aliphatic carbocycles. The number of carbonyl (C=O) groups excluding carboxylic acids is 1. The van der Waals surface area contributed by atoms with E-state index in [4.69, 9.17) is 4.74 Å². The first-order chi connectivity index (χ1) is 11.2. The summed E-state index contributed by atoms with van der Waals surface area (Å²) in [5, 5.41) is 5.75. The highest BCUT2D eigenvalue weighted by Gasteiger charge is 2.01. The van der Waals surface area contributed by atoms with Crippen LogP contribution in [-0.4, -0.2) is 26.2 Å². The van der Waals surface area contributed by atoms with Gasteiger partial charge in [-0.1, -0.05) is 42.0 Å². The van der Waals surface area contributed by atoms with Crippen molar-refractivity contribution in [3.05, 3.63) is 65.2 Å². The number of hydrogen-bond donors (Lipinski definition) is 2. The smallest absolute Gasteiger partial charge is 0.314 e. The molecule has 0 saturated carbocycles. The summed E-state index contributed by atoms with van der Waals surface area (Å²) in [5.41, 5.74) is 3.62. The maximum absolute atomic E-state index is 11.8. The summed E-state index contributed by atoms with van der Waals surface area (Å²) in [7, 11) is 1.65. The van der Waals surface area contributed by atoms with E-state index >= 15 is 0 Å². The van der Waals surface area contributed by atoms with E-state index < -0.39 is 0 Å². The Labute approximate surface area is 137 Å². The van der Waals surface area contributed by atoms with E-state index in [-0.39, 0.29) is 6.03 Å². The van der Waals surface area contributed by atoms with Crippen molar-refractivity contribution in [3.8, 4) is 5.75 Å². The van der Waals surface area contributed by atoms with Gasteiger partial charge in [-0.15, -0.1) is 0 Å². The van der Waals surface area contributed by atoms with Crippen LogP contribution in [0.1, 0.15) is 16.7 Å². The standard InChI is InChI=1S/C19H24N2O2/c1-15-6-8-16(9-7-15)10-12-20-19(22)21-13-11-17-4-3-5-18(14-17)23-2/h3-9,14H,10-13H2,1-2H3,(H2,20,21,22). The fraction of sp³-hybridized carbons (Fsp3) is 0.316. The number of ether oxygens (including phenoxy) is 1. The highest BCUT2D eigenvalue weighted by Crippen LogP contribution is 2.12. The van der Waals surface area contributed by atoms with Gasteiger partial charge in [-0.3, -0.25) is 0 Å². The Kier molecular flexibility index (Phi) is 6.48. The van der Waals surface area contributed by atoms with Crippen LogP contribution >= 0.6 is 0 Å². The minimum absolute atomic E-state index is 0.125. The van der Waals surface area contributed by atoms with Crippen LogP contribution in [0.15, 0.2) is 48.5 Å². The van der Waals surface area contributed by atoms with Gasteiger partial charge in [0.05, 0.1) is 7.11 Å². The third kappa shape index (κ3) is 6.02. The molecule has 2 amide bonds. The molecule has 2 rings (SSSR count). The molecule has 0 aliphatic heterocycles. The fourth-order valence-corrected chi connectivity index (χ4v) is 2.29. The monoisotopic (exact) mass is 312 g/mol. The Bertz CT molecular complexity index is 624. The molecule has 4 nitrogen and oxygen atoms in total. The number of hydrogen-bond acceptors (Lipinski definition) is 2. The molecule has 0 bridgehead atoms. The molecule has 2 N–H and O–H groups in total. The van der Waals surface area contributed by atoms with Crippen molar-refractivity contribution >= 4 is 6.03 Å². The molecule has 23 heavy (non-hydrogen) atoms. The van der Waals surface area contributed by atoms with E-state index in [2.05, 4.69) is 41.8 Å². The number of urea groups is 1. The average molecular weight is 312 g/mol. The first-order valence-corrected chi connectivity index (χ1v) is 7.87. The van der Waals surface area contributed by atoms with Crippen molar-refractivity contribution in [3.63, 3.8) is 0 Å². The fourth-order valence-electron chi connectivity index (χ4n) is 2.29. The minimum Gasteiger partial charge on any atom is -0.497 e. The molecule has 0 spiro atoms. The van der Waals surface area contributed by atoms with Gasteiger partial charge in [-0.2, -0.15) is 0 Å². The van der Waals surface area contributed by atoms with Crippen molar-refractivity contribution in [1.29, 1.82) is 0 Å². The zero-order chi connectivity index (χ0) is 16.5. The van der Waals surface area contributed by atoms with Gasteiger partial charge in [0.25, 0.3) is 0 Å². The Balaban J connectivity index is 1.64. The van der Waals surface area contributed by atoms with Gasteiger partial charge in [0.1, 0.15) is 5.75 Å². The van der Waals surface area contributed by atoms with Crippen molar-refractivity contribution < 1.29 is 9.53 Å². The largest absolute Gasteiger partial charge is 0.497 e. The molecular formula is C19H24N2O2. The quantitative estimate of drug-likeness (QED) is 0.825. The summed E-state index contributed by atoms with van der Waals surface area (Å²) in [6.07, 6.45) is 1.62. The van der Waals surface area contributed by atoms with E-state index in [1.165, 1.54) is 11.1 Å². The first kappa shape index (κ1) is 16.9. The lowest BCUT2D eigenvalue weighted by Gasteiger charge is -2.08. The number of benzene rings is 2. The number of amides is 2. The van der Waals surface area contributed by atoms with Crippen molar-refractivity contribution in [2.75, 3.05) is 20.2 Å². The van der Waals surface area contributed by atoms with Gasteiger partial charge in [0, 0.05) is 13.1 Å². The molecule has 2 aromatic carbocycles. The summed E-state index contributed by atoms with van der Waals surface area (Å²) >= 11 is 0. The molecule has 0 radical (unpaired) electrons. The lowest BCUT2D eigenvalue weighted by molar-refractivity contribution is 0.241. The van der Waals surface area contributed by atoms with Crippen LogP contribution in [-0.2, 0) is 12.8 Å². The lowest BCUT2D eigenvalue weighted by Crippen LogP contribution is -2.37. The molecule has 0 atom stereocenters. The highest BCUT2D eigenvalue weighted by molar-refractivity contribution is 5.73. The van der Waals surface area contributed by atoms with Gasteiger partial charge in [0.2, 0.25) is 0 Å². The second kappa shape index (κ2) is 8.83. The van der Waals surface area contributed by atoms with E-state index in [9.17, 15) is 4.79 Å². The van der Waals surface area contributed by atoms with Crippen LogP contribution < -0.4 is 15.4 Å². The van der Waals surface area contributed by atoms with Crippen LogP contribution in [0.4, 0.5) is 4.79 Å². The molecule has 122 valence electrons. The van der Waals surface area contributed by atoms with Gasteiger partial charge in [0.15, 0.2) is 0 Å². The van der Waals surface area contributed by atoms with Gasteiger partial charge in [-0.25, -0.2) is 4.79 Å². The number of carbonyl (C=O) groups is 1. The normalized spacial score (nSPS) is 10.2. The van der Waals surface area contributed by atoms with E-state index in [0.29, 0.717) is 13.1 Å². The summed E-state index contributed by atoms with van der Waals surface area (Å²) in [6.45, 7) is 3.30. The summed E-state index contributed by atoms with van der Waals surface area (Å²) < 4.78 is 5.19. The van der Waals surface area contributed by atoms with Gasteiger partial charge >= 0.3 is 6.03 Å². The molecule has 0 unspecified atom stereocenters. The molecule has 0 fully saturated rings. The van der Waals surface area contributed by atoms with Gasteiger partial charge < -0.3 is 15.4 Å². The Morgan fingerprint density at radius 2 is 1.61 bits per heavy atom. The first-order valence-electron chi connectivity index (χ1n) is 7.87. The Hall–Kier alpha value is -2.49. The number of methoxy groups -OCH3 is 1. The van der Waals surface area contributed by atoms with Crippen molar-refractivity contribution in [2.24, 2.45) is 0 Å². The maximum atomic E-state index is 11.8. The van der Waals surface area contributed by atoms with E-state index in [0.717, 1.165) is 24.2 Å². The Morgan fingerprint density at radius 1 is 0.957 bits per heavy atom. The van der Waals surface area contributed by atoms with Crippen LogP contribution in [0.2, 0.25) is 0 Å². The predicted octanol–water partition coefficient (Wildman–Crippen LogP) is 3.09. The molecule has 2 aromatic rings. The number of rotatable bonds is 7. The van der Waals surface area contributed by atoms with E-state index in [1.54, 1.807) is 7.11 Å². The third-order valence-electron chi connectivity index (χ3n) is 3.65. The second-order valence-corrected chi connectivity index (χ2v) is 5.52. The third-order valence-corrected chi connectivity index (χ3v) is 3.65. The van der Waals surface area contributed by atoms with Gasteiger partial charge in [-0.05, 0) is 43.0 Å². The summed E-state index contributed by atoms with van der Waals surface area (Å²) in [6, 6.07) is 16.1. The minimum atomic E-state index is -0.125. The maximum Gasteiger partial charge on any atom is 0.314 e. The molecule has 0 aromatic heterocycles. The molecule has 4 heteroatoms. The lowest BCUT2D eigenvalue weighted by atomic mass is 10.1. The average Bonchev–Trinajstić information content (AvgIpc) is 2.57. The van der Waals surface area contributed by atoms with Crippen molar-refractivity contribution in [2.45, 2.75) is 19.8 Å². The topological polar surface area (TPSA) is 50.4 Å². The SMILES string of the molecule is COc1cccc(CCNC(=O)NCCc2ccc(C)cc2)c1. The Morgan fingerprint density at radius 3 is 2.26 bits per heavy atom. The number of nitrogens with one attached hydrogen (secondary N) is 2.